The minimum Gasteiger partial charge on any atom is -0.402 e. The summed E-state index contributed by atoms with van der Waals surface area (Å²) in [5.74, 6) is -0.247. The molecule has 2 unspecified atom stereocenters. The predicted octanol–water partition coefficient (Wildman–Crippen LogP) is 3.72. The Kier molecular flexibility index (Phi) is 9.03. The van der Waals surface area contributed by atoms with Crippen LogP contribution in [-0.4, -0.2) is 44.1 Å². The molecule has 1 aliphatic heterocycles. The molecule has 0 spiro atoms. The fraction of sp³-hybridized carbons (Fsp3) is 0.556. The third-order valence-electron chi connectivity index (χ3n) is 7.56. The molecule has 0 aromatic heterocycles. The number of allylic oxidation sites excluding steroid dienone is 1. The Morgan fingerprint density at radius 2 is 2.08 bits per heavy atom. The first-order valence-electron chi connectivity index (χ1n) is 12.4. The van der Waals surface area contributed by atoms with E-state index in [9.17, 15) is 9.18 Å². The van der Waals surface area contributed by atoms with Crippen molar-refractivity contribution in [2.75, 3.05) is 26.9 Å². The van der Waals surface area contributed by atoms with Crippen LogP contribution in [0.3, 0.4) is 0 Å². The molecule has 2 aliphatic rings. The fourth-order valence-corrected chi connectivity index (χ4v) is 5.11. The van der Waals surface area contributed by atoms with E-state index in [1.54, 1.807) is 26.2 Å². The van der Waals surface area contributed by atoms with Crippen molar-refractivity contribution in [1.29, 1.82) is 0 Å². The molecule has 3 atom stereocenters. The van der Waals surface area contributed by atoms with Crippen molar-refractivity contribution in [2.45, 2.75) is 62.8 Å². The lowest BCUT2D eigenvalue weighted by molar-refractivity contribution is -0.153. The zero-order chi connectivity index (χ0) is 26.5. The number of nitrogens with zero attached hydrogens (tertiary/aromatic N) is 1. The summed E-state index contributed by atoms with van der Waals surface area (Å²) in [7, 11) is 1.58. The molecule has 1 aliphatic carbocycles. The summed E-state index contributed by atoms with van der Waals surface area (Å²) >= 11 is 0. The minimum atomic E-state index is -2.18. The highest BCUT2D eigenvalue weighted by atomic mass is 19.1. The molecule has 1 heterocycles. The highest BCUT2D eigenvalue weighted by Gasteiger charge is 2.40. The molecule has 3 rings (SSSR count). The Hall–Kier alpha value is -2.62. The van der Waals surface area contributed by atoms with Crippen LogP contribution in [0, 0.1) is 11.7 Å². The molecule has 0 bridgehead atoms. The maximum absolute atomic E-state index is 15.2. The van der Waals surface area contributed by atoms with Gasteiger partial charge >= 0.3 is 0 Å². The Labute approximate surface area is 211 Å². The normalized spacial score (nSPS) is 22.8. The molecule has 1 fully saturated rings. The second kappa shape index (κ2) is 11.6. The minimum absolute atomic E-state index is 0.0897. The van der Waals surface area contributed by atoms with Crippen molar-refractivity contribution in [3.63, 3.8) is 0 Å². The molecule has 1 aromatic rings. The standard InChI is InChI=1S/C27H38F2N4O3/c1-4-26(29,16-30)21-7-5-6-19(24(21)28)17(2)33-25(32)20-14-18(15-22(20)31)8-9-23(34)27(35-3)10-12-36-13-11-27/h4-7,17-18H,1,8-16,30-31H2,2-3H3,(H2,32,33)/t17-,18?,26?/m1/s1. The lowest BCUT2D eigenvalue weighted by Crippen LogP contribution is -2.45. The lowest BCUT2D eigenvalue weighted by atomic mass is 9.85. The van der Waals surface area contributed by atoms with Gasteiger partial charge in [-0.2, -0.15) is 0 Å². The summed E-state index contributed by atoms with van der Waals surface area (Å²) in [4.78, 5) is 17.4. The summed E-state index contributed by atoms with van der Waals surface area (Å²) in [6.07, 6.45) is 4.38. The van der Waals surface area contributed by atoms with Gasteiger partial charge in [0, 0.05) is 68.5 Å². The van der Waals surface area contributed by atoms with Gasteiger partial charge in [0.1, 0.15) is 17.3 Å². The Morgan fingerprint density at radius 3 is 2.69 bits per heavy atom. The molecular weight excluding hydrogens is 466 g/mol. The van der Waals surface area contributed by atoms with E-state index in [1.807, 2.05) is 0 Å². The molecule has 7 nitrogen and oxygen atoms in total. The first-order valence-corrected chi connectivity index (χ1v) is 12.4. The molecule has 198 valence electrons. The number of hydrogen-bond acceptors (Lipinski definition) is 6. The molecule has 1 aromatic carbocycles. The van der Waals surface area contributed by atoms with E-state index in [2.05, 4.69) is 11.6 Å². The number of methoxy groups -OCH3 is 1. The lowest BCUT2D eigenvalue weighted by Gasteiger charge is -2.34. The maximum Gasteiger partial charge on any atom is 0.168 e. The third kappa shape index (κ3) is 5.68. The number of Topliss-reactive ketones (excluding diaryl/α,β-unsaturated/α-hetero) is 1. The van der Waals surface area contributed by atoms with Gasteiger partial charge in [-0.15, -0.1) is 0 Å². The van der Waals surface area contributed by atoms with E-state index in [-0.39, 0.29) is 28.7 Å². The number of carbonyl (C=O) groups is 1. The van der Waals surface area contributed by atoms with Crippen molar-refractivity contribution in [3.05, 3.63) is 59.1 Å². The Bertz CT molecular complexity index is 1040. The van der Waals surface area contributed by atoms with Crippen molar-refractivity contribution in [2.24, 2.45) is 28.1 Å². The van der Waals surface area contributed by atoms with Crippen LogP contribution in [0.2, 0.25) is 0 Å². The number of ether oxygens (including phenoxy) is 2. The smallest absolute Gasteiger partial charge is 0.168 e. The van der Waals surface area contributed by atoms with Crippen molar-refractivity contribution in [1.82, 2.24) is 0 Å². The average molecular weight is 505 g/mol. The average Bonchev–Trinajstić information content (AvgIpc) is 3.27. The van der Waals surface area contributed by atoms with Crippen LogP contribution in [0.15, 0.2) is 47.1 Å². The SMILES string of the molecule is C=CC(F)(CN)c1cccc([C@@H](C)N=C(N)C2=C(N)CC(CCC(=O)C3(OC)CCOCC3)C2)c1F. The van der Waals surface area contributed by atoms with E-state index in [0.717, 1.165) is 11.6 Å². The van der Waals surface area contributed by atoms with Crippen LogP contribution in [-0.2, 0) is 19.9 Å². The van der Waals surface area contributed by atoms with Crippen LogP contribution in [0.1, 0.15) is 62.6 Å². The number of hydrogen-bond donors (Lipinski definition) is 3. The van der Waals surface area contributed by atoms with Crippen LogP contribution < -0.4 is 17.2 Å². The van der Waals surface area contributed by atoms with Gasteiger partial charge in [0.15, 0.2) is 11.5 Å². The molecule has 6 N–H and O–H groups in total. The zero-order valence-electron chi connectivity index (χ0n) is 21.2. The molecular formula is C27H38F2N4O3. The van der Waals surface area contributed by atoms with Crippen LogP contribution in [0.5, 0.6) is 0 Å². The van der Waals surface area contributed by atoms with Gasteiger partial charge in [0.25, 0.3) is 0 Å². The highest BCUT2D eigenvalue weighted by Crippen LogP contribution is 2.36. The summed E-state index contributed by atoms with van der Waals surface area (Å²) in [5.41, 5.74) is 16.5. The molecule has 9 heteroatoms. The summed E-state index contributed by atoms with van der Waals surface area (Å²) in [5, 5.41) is 0. The monoisotopic (exact) mass is 504 g/mol. The predicted molar refractivity (Wildman–Crippen MR) is 136 cm³/mol. The third-order valence-corrected chi connectivity index (χ3v) is 7.56. The van der Waals surface area contributed by atoms with E-state index < -0.39 is 29.7 Å². The van der Waals surface area contributed by atoms with Crippen molar-refractivity contribution >= 4 is 11.6 Å². The number of benzene rings is 1. The summed E-state index contributed by atoms with van der Waals surface area (Å²) < 4.78 is 41.2. The first-order chi connectivity index (χ1) is 17.1. The topological polar surface area (TPSA) is 126 Å². The second-order valence-corrected chi connectivity index (χ2v) is 9.72. The number of alkyl halides is 1. The maximum atomic E-state index is 15.2. The van der Waals surface area contributed by atoms with Crippen molar-refractivity contribution in [3.8, 4) is 0 Å². The van der Waals surface area contributed by atoms with Gasteiger partial charge in [-0.3, -0.25) is 9.79 Å². The van der Waals surface area contributed by atoms with Gasteiger partial charge in [0.05, 0.1) is 6.04 Å². The number of carbonyl (C=O) groups excluding carboxylic acids is 1. The Morgan fingerprint density at radius 1 is 1.39 bits per heavy atom. The van der Waals surface area contributed by atoms with Crippen LogP contribution in [0.4, 0.5) is 8.78 Å². The summed E-state index contributed by atoms with van der Waals surface area (Å²) in [6.45, 7) is 5.74. The molecule has 0 saturated carbocycles. The largest absolute Gasteiger partial charge is 0.402 e. The van der Waals surface area contributed by atoms with Gasteiger partial charge in [-0.25, -0.2) is 8.78 Å². The Balaban J connectivity index is 1.67. The van der Waals surface area contributed by atoms with E-state index in [1.165, 1.54) is 6.07 Å². The fourth-order valence-electron chi connectivity index (χ4n) is 5.11. The first kappa shape index (κ1) is 28.0. The van der Waals surface area contributed by atoms with Crippen LogP contribution in [0.25, 0.3) is 0 Å². The number of rotatable bonds is 11. The second-order valence-electron chi connectivity index (χ2n) is 9.72. The molecule has 0 radical (unpaired) electrons. The molecule has 1 saturated heterocycles. The quantitative estimate of drug-likeness (QED) is 0.240. The number of nitrogens with two attached hydrogens (primary N) is 3. The van der Waals surface area contributed by atoms with Crippen molar-refractivity contribution < 1.29 is 23.0 Å². The van der Waals surface area contributed by atoms with Gasteiger partial charge in [0.2, 0.25) is 0 Å². The number of ketones is 1. The van der Waals surface area contributed by atoms with E-state index >= 15 is 4.39 Å². The van der Waals surface area contributed by atoms with Crippen LogP contribution >= 0.6 is 0 Å². The summed E-state index contributed by atoms with van der Waals surface area (Å²) in [6, 6.07) is 3.78. The molecule has 36 heavy (non-hydrogen) atoms. The number of halogens is 2. The van der Waals surface area contributed by atoms with E-state index in [0.29, 0.717) is 57.4 Å². The highest BCUT2D eigenvalue weighted by molar-refractivity contribution is 5.98. The van der Waals surface area contributed by atoms with Gasteiger partial charge in [-0.05, 0) is 38.2 Å². The molecule has 0 amide bonds. The number of amidine groups is 1. The van der Waals surface area contributed by atoms with Gasteiger partial charge < -0.3 is 26.7 Å². The van der Waals surface area contributed by atoms with E-state index in [4.69, 9.17) is 26.7 Å². The number of aliphatic imine (C=N–C) groups is 1. The zero-order valence-corrected chi connectivity index (χ0v) is 21.2. The van der Waals surface area contributed by atoms with Gasteiger partial charge in [-0.1, -0.05) is 24.8 Å².